The van der Waals surface area contributed by atoms with Crippen LogP contribution in [0.2, 0.25) is 0 Å². The predicted octanol–water partition coefficient (Wildman–Crippen LogP) is 4.03. The van der Waals surface area contributed by atoms with Gasteiger partial charge in [0.1, 0.15) is 5.01 Å². The molecule has 1 aliphatic rings. The number of thiazole rings is 1. The molecule has 18 heavy (non-hydrogen) atoms. The molecule has 102 valence electrons. The number of nitrogens with zero attached hydrogens (tertiary/aromatic N) is 1. The molecule has 0 aromatic carbocycles. The molecule has 1 aromatic heterocycles. The summed E-state index contributed by atoms with van der Waals surface area (Å²) in [5.74, 6) is 0.873. The van der Waals surface area contributed by atoms with Crippen LogP contribution in [0.1, 0.15) is 62.0 Å². The summed E-state index contributed by atoms with van der Waals surface area (Å²) in [6.07, 6.45) is 6.24. The van der Waals surface area contributed by atoms with E-state index in [0.29, 0.717) is 0 Å². The van der Waals surface area contributed by atoms with Crippen molar-refractivity contribution in [3.8, 4) is 0 Å². The van der Waals surface area contributed by atoms with E-state index in [0.717, 1.165) is 18.9 Å². The zero-order valence-corrected chi connectivity index (χ0v) is 13.0. The number of aryl methyl sites for hydroxylation is 2. The van der Waals surface area contributed by atoms with Crippen LogP contribution in [-0.2, 0) is 12.0 Å². The first-order chi connectivity index (χ1) is 8.65. The molecule has 0 amide bonds. The molecule has 2 nitrogen and oxygen atoms in total. The summed E-state index contributed by atoms with van der Waals surface area (Å²) >= 11 is 1.91. The van der Waals surface area contributed by atoms with E-state index in [1.807, 2.05) is 11.3 Å². The molecule has 2 rings (SSSR count). The largest absolute Gasteiger partial charge is 0.306 e. The maximum absolute atomic E-state index is 4.93. The van der Waals surface area contributed by atoms with Crippen molar-refractivity contribution in [1.82, 2.24) is 10.3 Å². The van der Waals surface area contributed by atoms with Gasteiger partial charge in [0.05, 0.1) is 11.2 Å². The van der Waals surface area contributed by atoms with Crippen LogP contribution >= 0.6 is 11.3 Å². The molecule has 3 heteroatoms. The Balaban J connectivity index is 2.29. The van der Waals surface area contributed by atoms with Crippen LogP contribution in [0.3, 0.4) is 0 Å². The lowest BCUT2D eigenvalue weighted by atomic mass is 9.95. The lowest BCUT2D eigenvalue weighted by molar-refractivity contribution is 0.331. The van der Waals surface area contributed by atoms with Crippen molar-refractivity contribution in [2.45, 2.75) is 65.3 Å². The Morgan fingerprint density at radius 3 is 2.67 bits per heavy atom. The first-order valence-electron chi connectivity index (χ1n) is 7.37. The summed E-state index contributed by atoms with van der Waals surface area (Å²) in [4.78, 5) is 6.33. The Morgan fingerprint density at radius 1 is 1.39 bits per heavy atom. The summed E-state index contributed by atoms with van der Waals surface area (Å²) in [6.45, 7) is 9.98. The smallest absolute Gasteiger partial charge is 0.113 e. The van der Waals surface area contributed by atoms with Crippen LogP contribution < -0.4 is 5.32 Å². The lowest BCUT2D eigenvalue weighted by Gasteiger charge is -2.28. The molecule has 1 fully saturated rings. The van der Waals surface area contributed by atoms with Crippen LogP contribution in [0, 0.1) is 12.8 Å². The van der Waals surface area contributed by atoms with Crippen molar-refractivity contribution in [2.75, 3.05) is 6.54 Å². The van der Waals surface area contributed by atoms with Gasteiger partial charge in [0.2, 0.25) is 0 Å². The van der Waals surface area contributed by atoms with E-state index < -0.39 is 0 Å². The zero-order valence-electron chi connectivity index (χ0n) is 12.2. The quantitative estimate of drug-likeness (QED) is 0.870. The topological polar surface area (TPSA) is 24.9 Å². The predicted molar refractivity (Wildman–Crippen MR) is 79.2 cm³/mol. The summed E-state index contributed by atoms with van der Waals surface area (Å²) in [5, 5.41) is 5.09. The maximum Gasteiger partial charge on any atom is 0.113 e. The van der Waals surface area contributed by atoms with Crippen LogP contribution in [0.4, 0.5) is 0 Å². The van der Waals surface area contributed by atoms with Gasteiger partial charge in [-0.3, -0.25) is 0 Å². The minimum atomic E-state index is 0.179. The first kappa shape index (κ1) is 14.0. The first-order valence-corrected chi connectivity index (χ1v) is 8.18. The van der Waals surface area contributed by atoms with Crippen molar-refractivity contribution >= 4 is 11.3 Å². The van der Waals surface area contributed by atoms with Gasteiger partial charge in [-0.05, 0) is 45.1 Å². The van der Waals surface area contributed by atoms with Gasteiger partial charge in [-0.25, -0.2) is 4.98 Å². The third-order valence-corrected chi connectivity index (χ3v) is 5.56. The van der Waals surface area contributed by atoms with Crippen molar-refractivity contribution in [1.29, 1.82) is 0 Å². The number of hydrogen-bond acceptors (Lipinski definition) is 3. The summed E-state index contributed by atoms with van der Waals surface area (Å²) in [5.41, 5.74) is 1.48. The van der Waals surface area contributed by atoms with Crippen molar-refractivity contribution in [2.24, 2.45) is 5.92 Å². The SMILES string of the molecule is CCNC1(c2nc(CC)c(C)s2)CCC(CC)C1. The minimum Gasteiger partial charge on any atom is -0.306 e. The number of nitrogens with one attached hydrogen (secondary N) is 1. The fourth-order valence-electron chi connectivity index (χ4n) is 3.23. The van der Waals surface area contributed by atoms with Crippen LogP contribution in [0.15, 0.2) is 0 Å². The zero-order chi connectivity index (χ0) is 13.2. The van der Waals surface area contributed by atoms with E-state index in [1.54, 1.807) is 0 Å². The van der Waals surface area contributed by atoms with E-state index >= 15 is 0 Å². The Labute approximate surface area is 115 Å². The molecule has 0 aliphatic heterocycles. The van der Waals surface area contributed by atoms with E-state index in [1.165, 1.54) is 41.3 Å². The molecule has 0 saturated heterocycles. The average molecular weight is 266 g/mol. The molecule has 1 aromatic rings. The molecule has 0 radical (unpaired) electrons. The Morgan fingerprint density at radius 2 is 2.17 bits per heavy atom. The molecule has 1 heterocycles. The molecule has 1 saturated carbocycles. The van der Waals surface area contributed by atoms with Crippen molar-refractivity contribution in [3.63, 3.8) is 0 Å². The number of aromatic nitrogens is 1. The fourth-order valence-corrected chi connectivity index (χ4v) is 4.43. The molecule has 1 aliphatic carbocycles. The van der Waals surface area contributed by atoms with Gasteiger partial charge in [0.25, 0.3) is 0 Å². The van der Waals surface area contributed by atoms with Gasteiger partial charge in [0.15, 0.2) is 0 Å². The summed E-state index contributed by atoms with van der Waals surface area (Å²) < 4.78 is 0. The molecule has 2 unspecified atom stereocenters. The highest BCUT2D eigenvalue weighted by atomic mass is 32.1. The third-order valence-electron chi connectivity index (χ3n) is 4.35. The minimum absolute atomic E-state index is 0.179. The fraction of sp³-hybridized carbons (Fsp3) is 0.800. The highest BCUT2D eigenvalue weighted by Gasteiger charge is 2.41. The van der Waals surface area contributed by atoms with Gasteiger partial charge in [-0.15, -0.1) is 11.3 Å². The molecule has 0 bridgehead atoms. The van der Waals surface area contributed by atoms with Crippen molar-refractivity contribution in [3.05, 3.63) is 15.6 Å². The van der Waals surface area contributed by atoms with E-state index in [2.05, 4.69) is 33.0 Å². The van der Waals surface area contributed by atoms with E-state index in [4.69, 9.17) is 4.98 Å². The second kappa shape index (κ2) is 5.70. The molecular weight excluding hydrogens is 240 g/mol. The van der Waals surface area contributed by atoms with Gasteiger partial charge < -0.3 is 5.32 Å². The van der Waals surface area contributed by atoms with Gasteiger partial charge >= 0.3 is 0 Å². The Hall–Kier alpha value is -0.410. The normalized spacial score (nSPS) is 27.9. The summed E-state index contributed by atoms with van der Waals surface area (Å²) in [7, 11) is 0. The molecule has 1 N–H and O–H groups in total. The molecule has 0 spiro atoms. The third kappa shape index (κ3) is 2.48. The molecular formula is C15H26N2S. The Bertz CT molecular complexity index is 399. The Kier molecular flexibility index (Phi) is 4.44. The van der Waals surface area contributed by atoms with Crippen LogP contribution in [0.25, 0.3) is 0 Å². The number of rotatable bonds is 5. The standard InChI is InChI=1S/C15H26N2S/c1-5-12-8-9-15(10-12,16-7-3)14-17-13(6-2)11(4)18-14/h12,16H,5-10H2,1-4H3. The lowest BCUT2D eigenvalue weighted by Crippen LogP contribution is -2.40. The second-order valence-corrected chi connectivity index (χ2v) is 6.71. The van der Waals surface area contributed by atoms with Crippen LogP contribution in [-0.4, -0.2) is 11.5 Å². The average Bonchev–Trinajstić information content (AvgIpc) is 2.94. The molecule has 2 atom stereocenters. The number of hydrogen-bond donors (Lipinski definition) is 1. The summed E-state index contributed by atoms with van der Waals surface area (Å²) in [6, 6.07) is 0. The van der Waals surface area contributed by atoms with E-state index in [9.17, 15) is 0 Å². The van der Waals surface area contributed by atoms with Gasteiger partial charge in [0, 0.05) is 4.88 Å². The monoisotopic (exact) mass is 266 g/mol. The highest BCUT2D eigenvalue weighted by molar-refractivity contribution is 7.11. The highest BCUT2D eigenvalue weighted by Crippen LogP contribution is 2.45. The van der Waals surface area contributed by atoms with Crippen LogP contribution in [0.5, 0.6) is 0 Å². The maximum atomic E-state index is 4.93. The van der Waals surface area contributed by atoms with Crippen molar-refractivity contribution < 1.29 is 0 Å². The second-order valence-electron chi connectivity index (χ2n) is 5.50. The van der Waals surface area contributed by atoms with E-state index in [-0.39, 0.29) is 5.54 Å². The van der Waals surface area contributed by atoms with Gasteiger partial charge in [-0.1, -0.05) is 27.2 Å². The van der Waals surface area contributed by atoms with Gasteiger partial charge in [-0.2, -0.15) is 0 Å².